The molecule has 0 heterocycles. The quantitative estimate of drug-likeness (QED) is 0.732. The number of halogens is 2. The second-order valence-electron chi connectivity index (χ2n) is 4.67. The van der Waals surface area contributed by atoms with Gasteiger partial charge in [0.05, 0.1) is 0 Å². The fourth-order valence-corrected chi connectivity index (χ4v) is 1.36. The van der Waals surface area contributed by atoms with Gasteiger partial charge in [0.25, 0.3) is 0 Å². The van der Waals surface area contributed by atoms with Gasteiger partial charge in [-0.2, -0.15) is 0 Å². The van der Waals surface area contributed by atoms with E-state index in [0.717, 1.165) is 0 Å². The number of ether oxygens (including phenoxy) is 1. The van der Waals surface area contributed by atoms with Crippen LogP contribution in [-0.2, 0) is 0 Å². The summed E-state index contributed by atoms with van der Waals surface area (Å²) in [6, 6.07) is 2.90. The fourth-order valence-electron chi connectivity index (χ4n) is 1.36. The molecule has 0 radical (unpaired) electrons. The molecule has 0 unspecified atom stereocenters. The van der Waals surface area contributed by atoms with Crippen molar-refractivity contribution < 1.29 is 13.5 Å². The third-order valence-electron chi connectivity index (χ3n) is 2.06. The van der Waals surface area contributed by atoms with E-state index in [0.29, 0.717) is 0 Å². The van der Waals surface area contributed by atoms with E-state index >= 15 is 0 Å². The van der Waals surface area contributed by atoms with Gasteiger partial charge in [0.15, 0.2) is 11.6 Å². The van der Waals surface area contributed by atoms with Crippen LogP contribution in [0.4, 0.5) is 8.78 Å². The molecule has 1 rings (SSSR count). The highest BCUT2D eigenvalue weighted by atomic mass is 19.1. The molecule has 1 nitrogen and oxygen atoms in total. The summed E-state index contributed by atoms with van der Waals surface area (Å²) in [6.45, 7) is 10.1. The Labute approximate surface area is 94.7 Å². The lowest BCUT2D eigenvalue weighted by molar-refractivity contribution is 0.124. The number of hydrogen-bond donors (Lipinski definition) is 0. The number of benzene rings is 1. The summed E-state index contributed by atoms with van der Waals surface area (Å²) in [5.41, 5.74) is -0.0883. The van der Waals surface area contributed by atoms with E-state index in [1.807, 2.05) is 20.8 Å². The predicted octanol–water partition coefficient (Wildman–Crippen LogP) is 4.25. The lowest BCUT2D eigenvalue weighted by Crippen LogP contribution is -2.23. The van der Waals surface area contributed by atoms with Crippen molar-refractivity contribution in [3.8, 4) is 5.75 Å². The Morgan fingerprint density at radius 2 is 1.88 bits per heavy atom. The molecule has 0 atom stereocenters. The zero-order valence-corrected chi connectivity index (χ0v) is 10.0. The fraction of sp³-hybridized carbons (Fsp3) is 0.385. The zero-order chi connectivity index (χ0) is 12.5. The van der Waals surface area contributed by atoms with E-state index in [-0.39, 0.29) is 16.9 Å². The van der Waals surface area contributed by atoms with Crippen LogP contribution in [0.15, 0.2) is 18.7 Å². The van der Waals surface area contributed by atoms with Crippen LogP contribution in [0.5, 0.6) is 5.75 Å². The van der Waals surface area contributed by atoms with Crippen LogP contribution in [0, 0.1) is 12.7 Å². The van der Waals surface area contributed by atoms with Gasteiger partial charge in [0.1, 0.15) is 11.4 Å². The molecule has 16 heavy (non-hydrogen) atoms. The SMILES string of the molecule is C=C(F)c1ccc(OC(C)(C)C)c(F)c1C. The molecule has 0 fully saturated rings. The minimum absolute atomic E-state index is 0.134. The molecule has 1 aromatic carbocycles. The third kappa shape index (κ3) is 2.81. The first-order valence-electron chi connectivity index (χ1n) is 5.05. The molecule has 0 aliphatic heterocycles. The van der Waals surface area contributed by atoms with Crippen LogP contribution < -0.4 is 4.74 Å². The third-order valence-corrected chi connectivity index (χ3v) is 2.06. The molecular weight excluding hydrogens is 210 g/mol. The molecule has 0 aliphatic rings. The summed E-state index contributed by atoms with van der Waals surface area (Å²) in [5, 5.41) is 0. The van der Waals surface area contributed by atoms with E-state index in [2.05, 4.69) is 6.58 Å². The number of rotatable bonds is 2. The molecule has 0 saturated carbocycles. The molecule has 3 heteroatoms. The molecule has 0 N–H and O–H groups in total. The summed E-state index contributed by atoms with van der Waals surface area (Å²) in [5.74, 6) is -1.04. The van der Waals surface area contributed by atoms with E-state index in [9.17, 15) is 8.78 Å². The van der Waals surface area contributed by atoms with Crippen molar-refractivity contribution in [3.05, 3.63) is 35.7 Å². The maximum Gasteiger partial charge on any atom is 0.168 e. The minimum atomic E-state index is -0.640. The molecule has 0 amide bonds. The van der Waals surface area contributed by atoms with Gasteiger partial charge >= 0.3 is 0 Å². The van der Waals surface area contributed by atoms with Crippen LogP contribution in [0.2, 0.25) is 0 Å². The normalized spacial score (nSPS) is 11.4. The van der Waals surface area contributed by atoms with Gasteiger partial charge in [0, 0.05) is 5.56 Å². The highest BCUT2D eigenvalue weighted by Crippen LogP contribution is 2.29. The van der Waals surface area contributed by atoms with Gasteiger partial charge in [-0.3, -0.25) is 0 Å². The van der Waals surface area contributed by atoms with Gasteiger partial charge < -0.3 is 4.74 Å². The van der Waals surface area contributed by atoms with Crippen molar-refractivity contribution in [2.24, 2.45) is 0 Å². The average Bonchev–Trinajstić information content (AvgIpc) is 2.10. The van der Waals surface area contributed by atoms with Crippen molar-refractivity contribution in [1.82, 2.24) is 0 Å². The van der Waals surface area contributed by atoms with Gasteiger partial charge in [-0.1, -0.05) is 6.58 Å². The Hall–Kier alpha value is -1.38. The lowest BCUT2D eigenvalue weighted by Gasteiger charge is -2.22. The van der Waals surface area contributed by atoms with Crippen molar-refractivity contribution in [3.63, 3.8) is 0 Å². The molecule has 0 bridgehead atoms. The average molecular weight is 226 g/mol. The predicted molar refractivity (Wildman–Crippen MR) is 61.7 cm³/mol. The Bertz CT molecular complexity index is 417. The van der Waals surface area contributed by atoms with Gasteiger partial charge in [-0.05, 0) is 45.4 Å². The minimum Gasteiger partial charge on any atom is -0.485 e. The Balaban J connectivity index is 3.17. The second kappa shape index (κ2) is 4.24. The van der Waals surface area contributed by atoms with Crippen LogP contribution in [0.3, 0.4) is 0 Å². The molecule has 88 valence electrons. The summed E-state index contributed by atoms with van der Waals surface area (Å²) in [7, 11) is 0. The summed E-state index contributed by atoms with van der Waals surface area (Å²) in [6.07, 6.45) is 0. The smallest absolute Gasteiger partial charge is 0.168 e. The molecule has 0 aromatic heterocycles. The second-order valence-corrected chi connectivity index (χ2v) is 4.67. The highest BCUT2D eigenvalue weighted by Gasteiger charge is 2.18. The van der Waals surface area contributed by atoms with Crippen LogP contribution in [0.1, 0.15) is 31.9 Å². The highest BCUT2D eigenvalue weighted by molar-refractivity contribution is 5.61. The molecule has 1 aromatic rings. The summed E-state index contributed by atoms with van der Waals surface area (Å²) >= 11 is 0. The van der Waals surface area contributed by atoms with Crippen molar-refractivity contribution >= 4 is 5.83 Å². The van der Waals surface area contributed by atoms with E-state index in [1.165, 1.54) is 19.1 Å². The monoisotopic (exact) mass is 226 g/mol. The van der Waals surface area contributed by atoms with Crippen LogP contribution >= 0.6 is 0 Å². The Morgan fingerprint density at radius 3 is 2.31 bits per heavy atom. The summed E-state index contributed by atoms with van der Waals surface area (Å²) in [4.78, 5) is 0. The van der Waals surface area contributed by atoms with E-state index < -0.39 is 17.2 Å². The summed E-state index contributed by atoms with van der Waals surface area (Å²) < 4.78 is 32.2. The molecule has 0 saturated heterocycles. The molecule has 0 spiro atoms. The van der Waals surface area contributed by atoms with Crippen molar-refractivity contribution in [2.75, 3.05) is 0 Å². The van der Waals surface area contributed by atoms with E-state index in [1.54, 1.807) is 0 Å². The van der Waals surface area contributed by atoms with Gasteiger partial charge in [-0.15, -0.1) is 0 Å². The zero-order valence-electron chi connectivity index (χ0n) is 10.0. The Kier molecular flexibility index (Phi) is 3.36. The lowest BCUT2D eigenvalue weighted by atomic mass is 10.1. The first-order valence-corrected chi connectivity index (χ1v) is 5.05. The Morgan fingerprint density at radius 1 is 1.31 bits per heavy atom. The van der Waals surface area contributed by atoms with Gasteiger partial charge in [-0.25, -0.2) is 8.78 Å². The van der Waals surface area contributed by atoms with Crippen LogP contribution in [0.25, 0.3) is 5.83 Å². The largest absolute Gasteiger partial charge is 0.485 e. The first kappa shape index (κ1) is 12.7. The first-order chi connectivity index (χ1) is 7.22. The molecular formula is C13H16F2O. The standard InChI is InChI=1S/C13H16F2O/c1-8-10(9(2)14)6-7-11(12(8)15)16-13(3,4)5/h6-7H,2H2,1,3-5H3. The topological polar surface area (TPSA) is 9.23 Å². The maximum atomic E-state index is 13.8. The van der Waals surface area contributed by atoms with Gasteiger partial charge in [0.2, 0.25) is 0 Å². The maximum absolute atomic E-state index is 13.8. The molecule has 0 aliphatic carbocycles. The van der Waals surface area contributed by atoms with Crippen LogP contribution in [-0.4, -0.2) is 5.60 Å². The van der Waals surface area contributed by atoms with E-state index in [4.69, 9.17) is 4.74 Å². The van der Waals surface area contributed by atoms with Crippen molar-refractivity contribution in [2.45, 2.75) is 33.3 Å². The number of hydrogen-bond acceptors (Lipinski definition) is 1. The van der Waals surface area contributed by atoms with Crippen molar-refractivity contribution in [1.29, 1.82) is 0 Å².